The smallest absolute Gasteiger partial charge is 0.254 e. The summed E-state index contributed by atoms with van der Waals surface area (Å²) < 4.78 is 5.48. The Bertz CT molecular complexity index is 742. The van der Waals surface area contributed by atoms with Crippen LogP contribution in [0.15, 0.2) is 46.5 Å². The molecule has 1 aliphatic rings. The number of nitrogens with one attached hydrogen (secondary N) is 1. The van der Waals surface area contributed by atoms with Crippen molar-refractivity contribution in [3.8, 4) is 0 Å². The van der Waals surface area contributed by atoms with E-state index < -0.39 is 0 Å². The Morgan fingerprint density at radius 2 is 2.20 bits per heavy atom. The van der Waals surface area contributed by atoms with Gasteiger partial charge in [0.15, 0.2) is 0 Å². The number of benzene rings is 1. The molecule has 25 heavy (non-hydrogen) atoms. The van der Waals surface area contributed by atoms with Gasteiger partial charge in [-0.05, 0) is 68.0 Å². The van der Waals surface area contributed by atoms with Crippen molar-refractivity contribution < 1.29 is 9.53 Å². The molecule has 2 heterocycles. The summed E-state index contributed by atoms with van der Waals surface area (Å²) in [7, 11) is 0. The van der Waals surface area contributed by atoms with Crippen LogP contribution in [-0.4, -0.2) is 30.6 Å². The van der Waals surface area contributed by atoms with Crippen LogP contribution in [-0.2, 0) is 4.74 Å². The predicted octanol–water partition coefficient (Wildman–Crippen LogP) is 4.01. The fraction of sp³-hybridized carbons (Fsp3) is 0.400. The fourth-order valence-corrected chi connectivity index (χ4v) is 3.81. The predicted molar refractivity (Wildman–Crippen MR) is 100 cm³/mol. The van der Waals surface area contributed by atoms with Crippen LogP contribution in [0, 0.1) is 19.8 Å². The molecule has 2 aromatic rings. The van der Waals surface area contributed by atoms with E-state index in [-0.39, 0.29) is 5.91 Å². The van der Waals surface area contributed by atoms with Crippen LogP contribution >= 0.6 is 11.8 Å². The molecule has 1 atom stereocenters. The Morgan fingerprint density at radius 3 is 2.96 bits per heavy atom. The molecule has 0 bridgehead atoms. The lowest BCUT2D eigenvalue weighted by atomic mass is 10.0. The van der Waals surface area contributed by atoms with E-state index in [0.29, 0.717) is 18.0 Å². The number of aromatic nitrogens is 1. The van der Waals surface area contributed by atoms with E-state index in [1.807, 2.05) is 12.1 Å². The molecule has 3 rings (SSSR count). The molecule has 132 valence electrons. The zero-order valence-electron chi connectivity index (χ0n) is 14.7. The van der Waals surface area contributed by atoms with Gasteiger partial charge in [0, 0.05) is 24.2 Å². The van der Waals surface area contributed by atoms with Crippen molar-refractivity contribution in [3.63, 3.8) is 0 Å². The van der Waals surface area contributed by atoms with Gasteiger partial charge in [-0.2, -0.15) is 0 Å². The largest absolute Gasteiger partial charge is 0.381 e. The molecule has 1 fully saturated rings. The molecule has 1 amide bonds. The van der Waals surface area contributed by atoms with Crippen LogP contribution in [0.1, 0.15) is 34.3 Å². The molecule has 0 radical (unpaired) electrons. The standard InChI is InChI=1S/C20H24N2O2S/c1-14-7-8-17(11-15(14)2)25-20-18(6-3-9-21-20)19(23)22-12-16-5-4-10-24-13-16/h3,6-9,11,16H,4-5,10,12-13H2,1-2H3,(H,22,23)/t16-/m0/s1. The van der Waals surface area contributed by atoms with Crippen molar-refractivity contribution in [1.29, 1.82) is 0 Å². The summed E-state index contributed by atoms with van der Waals surface area (Å²) >= 11 is 1.53. The van der Waals surface area contributed by atoms with Crippen molar-refractivity contribution in [3.05, 3.63) is 53.2 Å². The molecule has 1 saturated heterocycles. The quantitative estimate of drug-likeness (QED) is 0.879. The number of hydrogen-bond donors (Lipinski definition) is 1. The highest BCUT2D eigenvalue weighted by atomic mass is 32.2. The summed E-state index contributed by atoms with van der Waals surface area (Å²) in [5.74, 6) is 0.343. The molecule has 1 aromatic heterocycles. The first-order chi connectivity index (χ1) is 12.1. The van der Waals surface area contributed by atoms with Crippen molar-refractivity contribution in [2.24, 2.45) is 5.92 Å². The van der Waals surface area contributed by atoms with Gasteiger partial charge in [-0.3, -0.25) is 4.79 Å². The van der Waals surface area contributed by atoms with Crippen LogP contribution < -0.4 is 5.32 Å². The number of aryl methyl sites for hydroxylation is 2. The molecule has 5 heteroatoms. The van der Waals surface area contributed by atoms with Crippen LogP contribution in [0.25, 0.3) is 0 Å². The second-order valence-electron chi connectivity index (χ2n) is 6.50. The van der Waals surface area contributed by atoms with Gasteiger partial charge in [0.2, 0.25) is 0 Å². The topological polar surface area (TPSA) is 51.2 Å². The van der Waals surface area contributed by atoms with Gasteiger partial charge in [0.1, 0.15) is 5.03 Å². The van der Waals surface area contributed by atoms with Gasteiger partial charge in [-0.1, -0.05) is 17.8 Å². The minimum absolute atomic E-state index is 0.0648. The monoisotopic (exact) mass is 356 g/mol. The van der Waals surface area contributed by atoms with Gasteiger partial charge in [0.25, 0.3) is 5.91 Å². The highest BCUT2D eigenvalue weighted by Gasteiger charge is 2.17. The Hall–Kier alpha value is -1.85. The van der Waals surface area contributed by atoms with Crippen LogP contribution in [0.3, 0.4) is 0 Å². The maximum Gasteiger partial charge on any atom is 0.254 e. The van der Waals surface area contributed by atoms with Gasteiger partial charge >= 0.3 is 0 Å². The maximum atomic E-state index is 12.6. The SMILES string of the molecule is Cc1ccc(Sc2ncccc2C(=O)NC[C@@H]2CCCOC2)cc1C. The lowest BCUT2D eigenvalue weighted by Gasteiger charge is -2.22. The number of amides is 1. The maximum absolute atomic E-state index is 12.6. The van der Waals surface area contributed by atoms with E-state index in [9.17, 15) is 4.79 Å². The zero-order chi connectivity index (χ0) is 17.6. The fourth-order valence-electron chi connectivity index (χ4n) is 2.83. The van der Waals surface area contributed by atoms with Crippen LogP contribution in [0.5, 0.6) is 0 Å². The number of hydrogen-bond acceptors (Lipinski definition) is 4. The Morgan fingerprint density at radius 1 is 1.32 bits per heavy atom. The first-order valence-corrected chi connectivity index (χ1v) is 9.51. The van der Waals surface area contributed by atoms with Crippen molar-refractivity contribution in [2.75, 3.05) is 19.8 Å². The normalized spacial score (nSPS) is 17.3. The molecule has 1 aromatic carbocycles. The lowest BCUT2D eigenvalue weighted by molar-refractivity contribution is 0.0536. The summed E-state index contributed by atoms with van der Waals surface area (Å²) in [6, 6.07) is 9.95. The summed E-state index contributed by atoms with van der Waals surface area (Å²) in [5, 5.41) is 3.78. The third-order valence-electron chi connectivity index (χ3n) is 4.51. The first-order valence-electron chi connectivity index (χ1n) is 8.69. The third kappa shape index (κ3) is 4.83. The van der Waals surface area contributed by atoms with Gasteiger partial charge in [-0.15, -0.1) is 0 Å². The first kappa shape index (κ1) is 18.0. The van der Waals surface area contributed by atoms with Crippen LogP contribution in [0.2, 0.25) is 0 Å². The van der Waals surface area contributed by atoms with Crippen molar-refractivity contribution >= 4 is 17.7 Å². The van der Waals surface area contributed by atoms with Crippen molar-refractivity contribution in [2.45, 2.75) is 36.6 Å². The van der Waals surface area contributed by atoms with Crippen LogP contribution in [0.4, 0.5) is 0 Å². The molecular formula is C20H24N2O2S. The number of pyridine rings is 1. The molecule has 1 N–H and O–H groups in total. The summed E-state index contributed by atoms with van der Waals surface area (Å²) in [4.78, 5) is 18.1. The molecule has 0 aliphatic carbocycles. The summed E-state index contributed by atoms with van der Waals surface area (Å²) in [6.07, 6.45) is 3.91. The molecule has 1 aliphatic heterocycles. The van der Waals surface area contributed by atoms with Gasteiger partial charge in [0.05, 0.1) is 12.2 Å². The number of ether oxygens (including phenoxy) is 1. The minimum Gasteiger partial charge on any atom is -0.381 e. The number of carbonyl (C=O) groups is 1. The molecule has 0 saturated carbocycles. The number of carbonyl (C=O) groups excluding carboxylic acids is 1. The molecule has 0 unspecified atom stereocenters. The summed E-state index contributed by atoms with van der Waals surface area (Å²) in [6.45, 7) is 6.42. The Labute approximate surface area is 153 Å². The summed E-state index contributed by atoms with van der Waals surface area (Å²) in [5.41, 5.74) is 3.13. The molecule has 0 spiro atoms. The number of rotatable bonds is 5. The Kier molecular flexibility index (Phi) is 6.10. The number of nitrogens with zero attached hydrogens (tertiary/aromatic N) is 1. The third-order valence-corrected chi connectivity index (χ3v) is 5.52. The second kappa shape index (κ2) is 8.50. The second-order valence-corrected chi connectivity index (χ2v) is 7.56. The molecular weight excluding hydrogens is 332 g/mol. The highest BCUT2D eigenvalue weighted by Crippen LogP contribution is 2.30. The average molecular weight is 356 g/mol. The average Bonchev–Trinajstić information content (AvgIpc) is 2.64. The zero-order valence-corrected chi connectivity index (χ0v) is 15.6. The minimum atomic E-state index is -0.0648. The van der Waals surface area contributed by atoms with Gasteiger partial charge < -0.3 is 10.1 Å². The van der Waals surface area contributed by atoms with E-state index in [1.165, 1.54) is 22.9 Å². The van der Waals surface area contributed by atoms with E-state index in [1.54, 1.807) is 6.20 Å². The van der Waals surface area contributed by atoms with Gasteiger partial charge in [-0.25, -0.2) is 4.98 Å². The Balaban J connectivity index is 1.69. The lowest BCUT2D eigenvalue weighted by Crippen LogP contribution is -2.33. The molecule has 4 nitrogen and oxygen atoms in total. The van der Waals surface area contributed by atoms with Crippen molar-refractivity contribution in [1.82, 2.24) is 10.3 Å². The highest BCUT2D eigenvalue weighted by molar-refractivity contribution is 7.99. The van der Waals surface area contributed by atoms with E-state index in [0.717, 1.165) is 36.0 Å². The van der Waals surface area contributed by atoms with E-state index >= 15 is 0 Å². The van der Waals surface area contributed by atoms with E-state index in [4.69, 9.17) is 4.74 Å². The van der Waals surface area contributed by atoms with E-state index in [2.05, 4.69) is 42.3 Å².